The minimum absolute atomic E-state index is 0.0672. The van der Waals surface area contributed by atoms with Crippen LogP contribution in [0.25, 0.3) is 16.6 Å². The summed E-state index contributed by atoms with van der Waals surface area (Å²) in [7, 11) is -2.32. The van der Waals surface area contributed by atoms with E-state index in [1.165, 1.54) is 7.05 Å². The van der Waals surface area contributed by atoms with Crippen molar-refractivity contribution in [2.45, 2.75) is 4.90 Å². The highest BCUT2D eigenvalue weighted by Crippen LogP contribution is 2.29. The minimum atomic E-state index is -3.68. The van der Waals surface area contributed by atoms with Crippen LogP contribution in [0.2, 0.25) is 0 Å². The van der Waals surface area contributed by atoms with Crippen LogP contribution in [-0.2, 0) is 10.0 Å². The molecule has 1 heterocycles. The zero-order valence-corrected chi connectivity index (χ0v) is 13.3. The molecule has 7 heteroatoms. The number of hydrogen-bond donors (Lipinski definition) is 3. The number of nitrogens with zero attached hydrogens (tertiary/aromatic N) is 1. The van der Waals surface area contributed by atoms with Gasteiger partial charge in [0, 0.05) is 0 Å². The van der Waals surface area contributed by atoms with E-state index in [9.17, 15) is 8.42 Å². The molecule has 0 fully saturated rings. The molecule has 118 valence electrons. The summed E-state index contributed by atoms with van der Waals surface area (Å²) in [5.41, 5.74) is 8.84. The Kier molecular flexibility index (Phi) is 3.67. The lowest BCUT2D eigenvalue weighted by Crippen LogP contribution is -2.19. The van der Waals surface area contributed by atoms with E-state index in [2.05, 4.69) is 21.3 Å². The number of sulfonamides is 1. The number of aromatic nitrogens is 2. The molecule has 0 bridgehead atoms. The average Bonchev–Trinajstić information content (AvgIpc) is 2.93. The van der Waals surface area contributed by atoms with Crippen LogP contribution in [0.5, 0.6) is 0 Å². The lowest BCUT2D eigenvalue weighted by molar-refractivity contribution is 0.589. The second kappa shape index (κ2) is 5.53. The zero-order chi connectivity index (χ0) is 16.6. The summed E-state index contributed by atoms with van der Waals surface area (Å²) in [4.78, 5) is 7.02. The molecule has 0 aliphatic carbocycles. The largest absolute Gasteiger partial charge is 0.369 e. The van der Waals surface area contributed by atoms with Gasteiger partial charge in [0.05, 0.1) is 5.52 Å². The van der Waals surface area contributed by atoms with E-state index < -0.39 is 10.0 Å². The van der Waals surface area contributed by atoms with Crippen LogP contribution in [0.15, 0.2) is 53.9 Å². The van der Waals surface area contributed by atoms with Crippen molar-refractivity contribution in [2.24, 2.45) is 0 Å². The standard InChI is InChI=1S/C16H16N4O2S/c1-10(11-6-4-3-5-7-11)12-8-13-15(20-16(17)19-13)14(9-12)23(21,22)18-2/h3-9,18H,1H2,2H3,(H3,17,19,20). The van der Waals surface area contributed by atoms with Crippen LogP contribution < -0.4 is 10.5 Å². The van der Waals surface area contributed by atoms with Gasteiger partial charge in [0.15, 0.2) is 5.95 Å². The number of imidazole rings is 1. The Hall–Kier alpha value is -2.64. The van der Waals surface area contributed by atoms with Crippen LogP contribution in [0.4, 0.5) is 5.95 Å². The highest BCUT2D eigenvalue weighted by atomic mass is 32.2. The number of benzene rings is 2. The lowest BCUT2D eigenvalue weighted by Gasteiger charge is -2.10. The van der Waals surface area contributed by atoms with Crippen LogP contribution >= 0.6 is 0 Å². The van der Waals surface area contributed by atoms with Gasteiger partial charge in [-0.3, -0.25) is 0 Å². The van der Waals surface area contributed by atoms with E-state index in [1.807, 2.05) is 30.3 Å². The molecule has 0 saturated heterocycles. The van der Waals surface area contributed by atoms with Crippen molar-refractivity contribution >= 4 is 32.6 Å². The first kappa shape index (κ1) is 15.3. The van der Waals surface area contributed by atoms with Gasteiger partial charge in [-0.25, -0.2) is 18.1 Å². The first-order valence-electron chi connectivity index (χ1n) is 6.90. The van der Waals surface area contributed by atoms with Gasteiger partial charge < -0.3 is 10.7 Å². The summed E-state index contributed by atoms with van der Waals surface area (Å²) in [5.74, 6) is 0.162. The molecule has 23 heavy (non-hydrogen) atoms. The molecule has 0 amide bonds. The molecule has 0 aliphatic heterocycles. The molecule has 4 N–H and O–H groups in total. The van der Waals surface area contributed by atoms with E-state index in [-0.39, 0.29) is 10.8 Å². The second-order valence-electron chi connectivity index (χ2n) is 5.04. The average molecular weight is 328 g/mol. The molecule has 0 aliphatic rings. The van der Waals surface area contributed by atoms with Crippen molar-refractivity contribution in [1.29, 1.82) is 0 Å². The third kappa shape index (κ3) is 2.71. The van der Waals surface area contributed by atoms with Crippen molar-refractivity contribution in [1.82, 2.24) is 14.7 Å². The van der Waals surface area contributed by atoms with Gasteiger partial charge in [-0.2, -0.15) is 0 Å². The molecule has 1 aromatic heterocycles. The number of fused-ring (bicyclic) bond motifs is 1. The molecule has 3 rings (SSSR count). The Morgan fingerprint density at radius 3 is 2.57 bits per heavy atom. The highest BCUT2D eigenvalue weighted by molar-refractivity contribution is 7.89. The van der Waals surface area contributed by atoms with Gasteiger partial charge in [-0.1, -0.05) is 36.9 Å². The van der Waals surface area contributed by atoms with Gasteiger partial charge in [0.25, 0.3) is 0 Å². The number of anilines is 1. The lowest BCUT2D eigenvalue weighted by atomic mass is 9.99. The predicted molar refractivity (Wildman–Crippen MR) is 91.3 cm³/mol. The summed E-state index contributed by atoms with van der Waals surface area (Å²) in [5, 5.41) is 0. The number of aromatic amines is 1. The number of nitrogens with two attached hydrogens (primary N) is 1. The number of rotatable bonds is 4. The van der Waals surface area contributed by atoms with Crippen LogP contribution in [0.1, 0.15) is 11.1 Å². The van der Waals surface area contributed by atoms with Crippen LogP contribution in [-0.4, -0.2) is 25.4 Å². The Morgan fingerprint density at radius 2 is 1.91 bits per heavy atom. The molecule has 3 aromatic rings. The van der Waals surface area contributed by atoms with Crippen molar-refractivity contribution in [3.63, 3.8) is 0 Å². The highest BCUT2D eigenvalue weighted by Gasteiger charge is 2.20. The van der Waals surface area contributed by atoms with E-state index in [4.69, 9.17) is 5.73 Å². The fraction of sp³-hybridized carbons (Fsp3) is 0.0625. The molecule has 2 aromatic carbocycles. The summed E-state index contributed by atoms with van der Waals surface area (Å²) < 4.78 is 26.9. The smallest absolute Gasteiger partial charge is 0.242 e. The van der Waals surface area contributed by atoms with Gasteiger partial charge in [0.2, 0.25) is 10.0 Å². The quantitative estimate of drug-likeness (QED) is 0.683. The van der Waals surface area contributed by atoms with Crippen molar-refractivity contribution in [3.05, 3.63) is 60.2 Å². The number of nitrogens with one attached hydrogen (secondary N) is 2. The first-order valence-corrected chi connectivity index (χ1v) is 8.38. The van der Waals surface area contributed by atoms with Gasteiger partial charge in [-0.05, 0) is 35.9 Å². The summed E-state index contributed by atoms with van der Waals surface area (Å²) in [6, 6.07) is 12.9. The van der Waals surface area contributed by atoms with E-state index in [0.717, 1.165) is 5.56 Å². The molecule has 0 atom stereocenters. The maximum atomic E-state index is 12.3. The molecule has 0 spiro atoms. The SMILES string of the molecule is C=C(c1ccccc1)c1cc(S(=O)(=O)NC)c2nc(N)[nH]c2c1. The maximum Gasteiger partial charge on any atom is 0.242 e. The van der Waals surface area contributed by atoms with Crippen molar-refractivity contribution < 1.29 is 8.42 Å². The monoisotopic (exact) mass is 328 g/mol. The topological polar surface area (TPSA) is 101 Å². The van der Waals surface area contributed by atoms with Gasteiger partial charge in [-0.15, -0.1) is 0 Å². The molecule has 6 nitrogen and oxygen atoms in total. The maximum absolute atomic E-state index is 12.3. The molecule has 0 radical (unpaired) electrons. The predicted octanol–water partition coefficient (Wildman–Crippen LogP) is 2.11. The second-order valence-corrected chi connectivity index (χ2v) is 6.90. The Morgan fingerprint density at radius 1 is 1.22 bits per heavy atom. The molecule has 0 unspecified atom stereocenters. The van der Waals surface area contributed by atoms with Crippen molar-refractivity contribution in [2.75, 3.05) is 12.8 Å². The van der Waals surface area contributed by atoms with E-state index in [0.29, 0.717) is 22.2 Å². The number of hydrogen-bond acceptors (Lipinski definition) is 4. The van der Waals surface area contributed by atoms with Crippen LogP contribution in [0, 0.1) is 0 Å². The van der Waals surface area contributed by atoms with Gasteiger partial charge in [0.1, 0.15) is 10.4 Å². The third-order valence-electron chi connectivity index (χ3n) is 3.60. The molecular weight excluding hydrogens is 312 g/mol. The Labute approximate surface area is 134 Å². The van der Waals surface area contributed by atoms with E-state index in [1.54, 1.807) is 12.1 Å². The Balaban J connectivity index is 2.25. The van der Waals surface area contributed by atoms with E-state index >= 15 is 0 Å². The fourth-order valence-electron chi connectivity index (χ4n) is 2.40. The van der Waals surface area contributed by atoms with Gasteiger partial charge >= 0.3 is 0 Å². The summed E-state index contributed by atoms with van der Waals surface area (Å²) in [6.45, 7) is 4.08. The number of nitrogen functional groups attached to an aromatic ring is 1. The zero-order valence-electron chi connectivity index (χ0n) is 12.5. The van der Waals surface area contributed by atoms with Crippen molar-refractivity contribution in [3.8, 4) is 0 Å². The normalized spacial score (nSPS) is 11.7. The summed E-state index contributed by atoms with van der Waals surface area (Å²) in [6.07, 6.45) is 0. The minimum Gasteiger partial charge on any atom is -0.369 e. The molecule has 0 saturated carbocycles. The number of H-pyrrole nitrogens is 1. The summed E-state index contributed by atoms with van der Waals surface area (Å²) >= 11 is 0. The first-order chi connectivity index (χ1) is 10.9. The third-order valence-corrected chi connectivity index (χ3v) is 5.03. The fourth-order valence-corrected chi connectivity index (χ4v) is 3.31. The molecular formula is C16H16N4O2S. The van der Waals surface area contributed by atoms with Crippen LogP contribution in [0.3, 0.4) is 0 Å². The Bertz CT molecular complexity index is 992.